The second-order valence-corrected chi connectivity index (χ2v) is 8.51. The average Bonchev–Trinajstić information content (AvgIpc) is 3.40. The molecule has 6 rings (SSSR count). The maximum atomic E-state index is 12.3. The molecule has 0 fully saturated rings. The maximum Gasteiger partial charge on any atom is 0.351 e. The van der Waals surface area contributed by atoms with Crippen LogP contribution in [0.2, 0.25) is 0 Å². The highest BCUT2D eigenvalue weighted by Crippen LogP contribution is 2.28. The zero-order valence-corrected chi connectivity index (χ0v) is 20.1. The quantitative estimate of drug-likeness (QED) is 0.256. The third-order valence-electron chi connectivity index (χ3n) is 5.96. The van der Waals surface area contributed by atoms with Crippen molar-refractivity contribution in [2.24, 2.45) is 0 Å². The van der Waals surface area contributed by atoms with E-state index in [-0.39, 0.29) is 21.9 Å². The summed E-state index contributed by atoms with van der Waals surface area (Å²) in [7, 11) is 0. The molecule has 13 nitrogen and oxygen atoms in total. The van der Waals surface area contributed by atoms with E-state index in [9.17, 15) is 38.4 Å². The first kappa shape index (κ1) is 25.1. The van der Waals surface area contributed by atoms with Gasteiger partial charge in [-0.25, -0.2) is 19.2 Å². The van der Waals surface area contributed by atoms with Crippen molar-refractivity contribution in [3.63, 3.8) is 0 Å². The minimum Gasteiger partial charge on any atom is -0.457 e. The summed E-state index contributed by atoms with van der Waals surface area (Å²) in [4.78, 5) is 95.6. The largest absolute Gasteiger partial charge is 0.457 e. The normalized spacial score (nSPS) is 11.2. The molecule has 4 aliphatic rings. The fourth-order valence-corrected chi connectivity index (χ4v) is 4.03. The van der Waals surface area contributed by atoms with Crippen LogP contribution in [-0.2, 0) is 0 Å². The van der Waals surface area contributed by atoms with Crippen LogP contribution in [0.3, 0.4) is 0 Å². The Balaban J connectivity index is 1.19. The molecule has 0 aromatic heterocycles. The lowest BCUT2D eigenvalue weighted by atomic mass is 10.2. The molecule has 0 amide bonds. The van der Waals surface area contributed by atoms with E-state index in [1.54, 1.807) is 0 Å². The lowest BCUT2D eigenvalue weighted by Gasteiger charge is -2.09. The van der Waals surface area contributed by atoms with Crippen molar-refractivity contribution in [3.8, 4) is 34.5 Å². The third kappa shape index (κ3) is 4.23. The van der Waals surface area contributed by atoms with E-state index in [1.165, 1.54) is 48.5 Å². The van der Waals surface area contributed by atoms with Gasteiger partial charge in [0.25, 0.3) is 10.9 Å². The topological polar surface area (TPSA) is 191 Å². The predicted molar refractivity (Wildman–Crippen MR) is 136 cm³/mol. The van der Waals surface area contributed by atoms with Crippen molar-refractivity contribution in [2.75, 3.05) is 0 Å². The molecular formula is C28H10O13. The van der Waals surface area contributed by atoms with E-state index in [0.717, 1.165) is 12.1 Å². The van der Waals surface area contributed by atoms with Gasteiger partial charge < -0.3 is 23.0 Å². The van der Waals surface area contributed by atoms with Crippen LogP contribution in [0.4, 0.5) is 0 Å². The van der Waals surface area contributed by atoms with E-state index in [1.807, 2.05) is 0 Å². The van der Waals surface area contributed by atoms with Crippen LogP contribution in [0, 0.1) is 20.9 Å². The molecular weight excluding hydrogens is 544 g/mol. The number of ether oxygens (including phenoxy) is 3. The fraction of sp³-hybridized carbons (Fsp3) is 0. The Bertz CT molecular complexity index is 2360. The molecule has 2 aromatic carbocycles. The Labute approximate surface area is 222 Å². The smallest absolute Gasteiger partial charge is 0.351 e. The lowest BCUT2D eigenvalue weighted by molar-refractivity contribution is 0.461. The summed E-state index contributed by atoms with van der Waals surface area (Å²) in [6.45, 7) is 0. The maximum absolute atomic E-state index is 12.3. The van der Waals surface area contributed by atoms with E-state index in [4.69, 9.17) is 14.2 Å². The summed E-state index contributed by atoms with van der Waals surface area (Å²) in [5.41, 5.74) is -9.08. The van der Waals surface area contributed by atoms with Gasteiger partial charge in [-0.15, -0.1) is 0 Å². The Morgan fingerprint density at radius 3 is 1.05 bits per heavy atom. The molecule has 0 bridgehead atoms. The van der Waals surface area contributed by atoms with Gasteiger partial charge in [-0.2, -0.15) is 0 Å². The summed E-state index contributed by atoms with van der Waals surface area (Å²) >= 11 is 0. The fourth-order valence-electron chi connectivity index (χ4n) is 4.03. The van der Waals surface area contributed by atoms with E-state index < -0.39 is 66.2 Å². The van der Waals surface area contributed by atoms with Crippen LogP contribution >= 0.6 is 0 Å². The predicted octanol–water partition coefficient (Wildman–Crippen LogP) is 0.332. The van der Waals surface area contributed by atoms with Gasteiger partial charge in [-0.3, -0.25) is 19.2 Å². The lowest BCUT2D eigenvalue weighted by Crippen LogP contribution is -2.28. The van der Waals surface area contributed by atoms with Crippen LogP contribution in [0.5, 0.6) is 34.5 Å². The van der Waals surface area contributed by atoms with Crippen LogP contribution in [0.15, 0.2) is 108 Å². The second-order valence-electron chi connectivity index (χ2n) is 8.51. The first-order valence-corrected chi connectivity index (χ1v) is 11.5. The molecule has 2 aliphatic heterocycles. The minimum atomic E-state index is -1.20. The summed E-state index contributed by atoms with van der Waals surface area (Å²) in [6.07, 6.45) is 0. The molecule has 0 radical (unpaired) electrons. The molecule has 200 valence electrons. The van der Waals surface area contributed by atoms with E-state index in [2.05, 4.69) is 8.83 Å². The summed E-state index contributed by atoms with van der Waals surface area (Å²) in [6, 6.07) is 13.6. The van der Waals surface area contributed by atoms with E-state index >= 15 is 0 Å². The molecule has 13 heteroatoms. The van der Waals surface area contributed by atoms with Crippen molar-refractivity contribution in [2.45, 2.75) is 0 Å². The summed E-state index contributed by atoms with van der Waals surface area (Å²) in [5, 5.41) is -1.94. The highest BCUT2D eigenvalue weighted by molar-refractivity contribution is 5.40. The van der Waals surface area contributed by atoms with Crippen molar-refractivity contribution < 1.29 is 23.0 Å². The Hall–Kier alpha value is -6.24. The molecule has 0 unspecified atom stereocenters. The van der Waals surface area contributed by atoms with Crippen molar-refractivity contribution in [3.05, 3.63) is 164 Å². The molecule has 2 heterocycles. The van der Waals surface area contributed by atoms with Gasteiger partial charge in [0.15, 0.2) is 11.5 Å². The summed E-state index contributed by atoms with van der Waals surface area (Å²) < 4.78 is 25.3. The minimum absolute atomic E-state index is 0.126. The standard InChI is InChI=1S/C28H10O13/c29-21-17(9-15-19(23(21)31)27(35)40-25(15)33)38-13-5-1-11(2-6-13)37-12-3-7-14(8-4-12)39-18-10-16-20(24(32)22(18)30)28(36)41-26(16)34/h1-10H. The van der Waals surface area contributed by atoms with Crippen LogP contribution in [0.1, 0.15) is 0 Å². The SMILES string of the molecule is O=c1oc(=O)c2c(=O)c(=O)c(Oc3ccc(Oc4ccc(Oc5cc6c(=O)oc(=O)c=6c(=O)c5=O)cc4)cc3)cc1=2. The molecule has 2 aliphatic carbocycles. The zero-order chi connectivity index (χ0) is 29.0. The summed E-state index contributed by atoms with van der Waals surface area (Å²) in [5.74, 6) is 0.00710. The third-order valence-corrected chi connectivity index (χ3v) is 5.96. The van der Waals surface area contributed by atoms with Gasteiger partial charge in [-0.05, 0) is 48.5 Å². The molecule has 2 aromatic rings. The Kier molecular flexibility index (Phi) is 5.62. The van der Waals surface area contributed by atoms with Gasteiger partial charge in [0, 0.05) is 12.1 Å². The van der Waals surface area contributed by atoms with Crippen LogP contribution < -0.4 is 58.4 Å². The molecule has 0 saturated heterocycles. The zero-order valence-electron chi connectivity index (χ0n) is 20.1. The van der Waals surface area contributed by atoms with Crippen molar-refractivity contribution in [1.82, 2.24) is 0 Å². The van der Waals surface area contributed by atoms with Crippen LogP contribution in [0.25, 0.3) is 0 Å². The van der Waals surface area contributed by atoms with Gasteiger partial charge >= 0.3 is 22.5 Å². The second kappa shape index (κ2) is 9.20. The Morgan fingerprint density at radius 2 is 0.707 bits per heavy atom. The Morgan fingerprint density at radius 1 is 0.390 bits per heavy atom. The highest BCUT2D eigenvalue weighted by Gasteiger charge is 2.17. The number of hydrogen-bond donors (Lipinski definition) is 0. The van der Waals surface area contributed by atoms with Crippen molar-refractivity contribution in [1.29, 1.82) is 0 Å². The number of rotatable bonds is 6. The van der Waals surface area contributed by atoms with Gasteiger partial charge in [0.2, 0.25) is 10.9 Å². The average molecular weight is 554 g/mol. The highest BCUT2D eigenvalue weighted by atomic mass is 16.5. The van der Waals surface area contributed by atoms with Crippen LogP contribution in [-0.4, -0.2) is 0 Å². The molecule has 41 heavy (non-hydrogen) atoms. The number of hydrogen-bond acceptors (Lipinski definition) is 13. The van der Waals surface area contributed by atoms with Gasteiger partial charge in [0.1, 0.15) is 33.4 Å². The first-order chi connectivity index (χ1) is 19.6. The molecule has 0 spiro atoms. The van der Waals surface area contributed by atoms with Crippen molar-refractivity contribution >= 4 is 0 Å². The molecule has 0 atom stereocenters. The molecule has 0 saturated carbocycles. The first-order valence-electron chi connectivity index (χ1n) is 11.5. The molecule has 0 N–H and O–H groups in total. The number of benzene rings is 2. The van der Waals surface area contributed by atoms with Gasteiger partial charge in [-0.1, -0.05) is 0 Å². The monoisotopic (exact) mass is 554 g/mol. The van der Waals surface area contributed by atoms with E-state index in [0.29, 0.717) is 11.5 Å². The van der Waals surface area contributed by atoms with Gasteiger partial charge in [0.05, 0.1) is 10.4 Å².